The van der Waals surface area contributed by atoms with Gasteiger partial charge >= 0.3 is 0 Å². The molecule has 1 aromatic heterocycles. The summed E-state index contributed by atoms with van der Waals surface area (Å²) in [5.74, 6) is 0.549. The standard InChI is InChI=1S/C28H24N2O3/c1-19-21(14-15-33-19)17-27(31)29-25-12-10-20(11-13-25)28(32)30-18-24-8-3-2-6-22(24)16-23-7-4-5-9-26(23)30/h2-15H,16-18H2,1H3,(H,29,31). The van der Waals surface area contributed by atoms with Crippen molar-refractivity contribution in [3.05, 3.63) is 119 Å². The van der Waals surface area contributed by atoms with E-state index in [4.69, 9.17) is 4.42 Å². The van der Waals surface area contributed by atoms with Crippen LogP contribution in [-0.2, 0) is 24.2 Å². The van der Waals surface area contributed by atoms with E-state index in [0.29, 0.717) is 17.8 Å². The van der Waals surface area contributed by atoms with Crippen LogP contribution in [0.3, 0.4) is 0 Å². The number of hydrogen-bond acceptors (Lipinski definition) is 3. The smallest absolute Gasteiger partial charge is 0.258 e. The topological polar surface area (TPSA) is 62.6 Å². The highest BCUT2D eigenvalue weighted by atomic mass is 16.3. The predicted octanol–water partition coefficient (Wildman–Crippen LogP) is 5.52. The molecule has 5 heteroatoms. The number of para-hydroxylation sites is 1. The second-order valence-electron chi connectivity index (χ2n) is 8.27. The molecule has 1 N–H and O–H groups in total. The minimum absolute atomic E-state index is 0.0638. The molecule has 0 unspecified atom stereocenters. The molecule has 0 saturated carbocycles. The molecule has 3 aromatic carbocycles. The molecule has 164 valence electrons. The number of rotatable bonds is 4. The molecule has 0 aliphatic carbocycles. The van der Waals surface area contributed by atoms with Crippen molar-refractivity contribution in [3.8, 4) is 0 Å². The Kier molecular flexibility index (Phi) is 5.53. The largest absolute Gasteiger partial charge is 0.469 e. The van der Waals surface area contributed by atoms with Gasteiger partial charge in [-0.15, -0.1) is 0 Å². The fourth-order valence-electron chi connectivity index (χ4n) is 4.27. The number of amides is 2. The van der Waals surface area contributed by atoms with Crippen molar-refractivity contribution in [1.29, 1.82) is 0 Å². The van der Waals surface area contributed by atoms with Gasteiger partial charge in [0.25, 0.3) is 5.91 Å². The number of aryl methyl sites for hydroxylation is 1. The van der Waals surface area contributed by atoms with Gasteiger partial charge in [-0.2, -0.15) is 0 Å². The van der Waals surface area contributed by atoms with Crippen LogP contribution in [0.2, 0.25) is 0 Å². The zero-order chi connectivity index (χ0) is 22.8. The minimum atomic E-state index is -0.128. The molecule has 33 heavy (non-hydrogen) atoms. The van der Waals surface area contributed by atoms with Gasteiger partial charge in [0, 0.05) is 22.5 Å². The molecule has 1 aliphatic heterocycles. The Morgan fingerprint density at radius 2 is 1.58 bits per heavy atom. The van der Waals surface area contributed by atoms with Gasteiger partial charge in [0.1, 0.15) is 5.76 Å². The van der Waals surface area contributed by atoms with Crippen LogP contribution in [-0.4, -0.2) is 11.8 Å². The zero-order valence-corrected chi connectivity index (χ0v) is 18.4. The number of anilines is 2. The van der Waals surface area contributed by atoms with E-state index in [-0.39, 0.29) is 18.2 Å². The Labute approximate surface area is 192 Å². The van der Waals surface area contributed by atoms with Crippen LogP contribution in [0.5, 0.6) is 0 Å². The van der Waals surface area contributed by atoms with E-state index in [1.54, 1.807) is 36.6 Å². The highest BCUT2D eigenvalue weighted by Gasteiger charge is 2.24. The summed E-state index contributed by atoms with van der Waals surface area (Å²) in [5, 5.41) is 2.89. The predicted molar refractivity (Wildman–Crippen MR) is 128 cm³/mol. The van der Waals surface area contributed by atoms with E-state index in [9.17, 15) is 9.59 Å². The third kappa shape index (κ3) is 4.30. The lowest BCUT2D eigenvalue weighted by atomic mass is 10.0. The minimum Gasteiger partial charge on any atom is -0.469 e. The molecule has 0 fully saturated rings. The summed E-state index contributed by atoms with van der Waals surface area (Å²) < 4.78 is 5.25. The van der Waals surface area contributed by atoms with E-state index in [0.717, 1.165) is 34.6 Å². The monoisotopic (exact) mass is 436 g/mol. The van der Waals surface area contributed by atoms with Gasteiger partial charge in [0.15, 0.2) is 0 Å². The molecular weight excluding hydrogens is 412 g/mol. The second kappa shape index (κ2) is 8.79. The molecule has 0 saturated heterocycles. The molecule has 0 spiro atoms. The Balaban J connectivity index is 1.36. The summed E-state index contributed by atoms with van der Waals surface area (Å²) in [6.45, 7) is 2.36. The molecule has 5 rings (SSSR count). The summed E-state index contributed by atoms with van der Waals surface area (Å²) >= 11 is 0. The number of hydrogen-bond donors (Lipinski definition) is 1. The molecular formula is C28H24N2O3. The first-order valence-corrected chi connectivity index (χ1v) is 11.0. The summed E-state index contributed by atoms with van der Waals surface area (Å²) in [5.41, 5.74) is 6.55. The van der Waals surface area contributed by atoms with Crippen molar-refractivity contribution < 1.29 is 14.0 Å². The number of benzene rings is 3. The quantitative estimate of drug-likeness (QED) is 0.458. The third-order valence-corrected chi connectivity index (χ3v) is 6.09. The van der Waals surface area contributed by atoms with Crippen molar-refractivity contribution in [2.24, 2.45) is 0 Å². The maximum Gasteiger partial charge on any atom is 0.258 e. The molecule has 2 amide bonds. The summed E-state index contributed by atoms with van der Waals surface area (Å²) in [4.78, 5) is 27.7. The molecule has 0 radical (unpaired) electrons. The van der Waals surface area contributed by atoms with Crippen LogP contribution in [0.25, 0.3) is 0 Å². The fourth-order valence-corrected chi connectivity index (χ4v) is 4.27. The van der Waals surface area contributed by atoms with Crippen LogP contribution in [0.4, 0.5) is 11.4 Å². The molecule has 4 aromatic rings. The molecule has 1 aliphatic rings. The van der Waals surface area contributed by atoms with Gasteiger partial charge in [-0.25, -0.2) is 0 Å². The van der Waals surface area contributed by atoms with Crippen molar-refractivity contribution in [1.82, 2.24) is 0 Å². The zero-order valence-electron chi connectivity index (χ0n) is 18.4. The highest BCUT2D eigenvalue weighted by molar-refractivity contribution is 6.07. The Bertz CT molecular complexity index is 1320. The first kappa shape index (κ1) is 20.8. The van der Waals surface area contributed by atoms with Gasteiger partial charge in [-0.3, -0.25) is 9.59 Å². The van der Waals surface area contributed by atoms with Gasteiger partial charge in [-0.05, 0) is 66.4 Å². The lowest BCUT2D eigenvalue weighted by molar-refractivity contribution is -0.115. The van der Waals surface area contributed by atoms with Gasteiger partial charge in [0.05, 0.1) is 19.2 Å². The van der Waals surface area contributed by atoms with Crippen LogP contribution < -0.4 is 10.2 Å². The summed E-state index contributed by atoms with van der Waals surface area (Å²) in [6, 6.07) is 25.2. The van der Waals surface area contributed by atoms with Crippen LogP contribution in [0.15, 0.2) is 89.5 Å². The van der Waals surface area contributed by atoms with E-state index >= 15 is 0 Å². The third-order valence-electron chi connectivity index (χ3n) is 6.09. The number of furan rings is 1. The highest BCUT2D eigenvalue weighted by Crippen LogP contribution is 2.31. The summed E-state index contributed by atoms with van der Waals surface area (Å²) in [7, 11) is 0. The Morgan fingerprint density at radius 1 is 0.879 bits per heavy atom. The molecule has 2 heterocycles. The number of nitrogens with zero attached hydrogens (tertiary/aromatic N) is 1. The van der Waals surface area contributed by atoms with Gasteiger partial charge in [-0.1, -0.05) is 42.5 Å². The molecule has 5 nitrogen and oxygen atoms in total. The summed E-state index contributed by atoms with van der Waals surface area (Å²) in [6.07, 6.45) is 2.63. The van der Waals surface area contributed by atoms with Gasteiger partial charge < -0.3 is 14.6 Å². The van der Waals surface area contributed by atoms with Gasteiger partial charge in [0.2, 0.25) is 5.91 Å². The first-order valence-electron chi connectivity index (χ1n) is 11.0. The van der Waals surface area contributed by atoms with Crippen molar-refractivity contribution in [2.75, 3.05) is 10.2 Å². The number of nitrogens with one attached hydrogen (secondary N) is 1. The lowest BCUT2D eigenvalue weighted by Gasteiger charge is -2.23. The van der Waals surface area contributed by atoms with Crippen molar-refractivity contribution >= 4 is 23.2 Å². The molecule has 0 bridgehead atoms. The normalized spacial score (nSPS) is 12.5. The number of carbonyl (C=O) groups is 2. The van der Waals surface area contributed by atoms with Crippen molar-refractivity contribution in [2.45, 2.75) is 26.3 Å². The Morgan fingerprint density at radius 3 is 2.30 bits per heavy atom. The lowest BCUT2D eigenvalue weighted by Crippen LogP contribution is -2.30. The van der Waals surface area contributed by atoms with Crippen LogP contribution >= 0.6 is 0 Å². The first-order chi connectivity index (χ1) is 16.1. The van der Waals surface area contributed by atoms with Crippen LogP contribution in [0, 0.1) is 6.92 Å². The maximum absolute atomic E-state index is 13.5. The maximum atomic E-state index is 13.5. The molecule has 0 atom stereocenters. The SMILES string of the molecule is Cc1occc1CC(=O)Nc1ccc(C(=O)N2Cc3ccccc3Cc3ccccc32)cc1. The average molecular weight is 437 g/mol. The average Bonchev–Trinajstić information content (AvgIpc) is 3.14. The van der Waals surface area contributed by atoms with Crippen molar-refractivity contribution in [3.63, 3.8) is 0 Å². The second-order valence-corrected chi connectivity index (χ2v) is 8.27. The Hall–Kier alpha value is -4.12. The van der Waals surface area contributed by atoms with E-state index < -0.39 is 0 Å². The van der Waals surface area contributed by atoms with E-state index in [2.05, 4.69) is 23.5 Å². The van der Waals surface area contributed by atoms with E-state index in [1.165, 1.54) is 5.56 Å². The number of carbonyl (C=O) groups excluding carboxylic acids is 2. The fraction of sp³-hybridized carbons (Fsp3) is 0.143. The number of fused-ring (bicyclic) bond motifs is 2. The van der Waals surface area contributed by atoms with Crippen LogP contribution in [0.1, 0.15) is 38.4 Å². The van der Waals surface area contributed by atoms with E-state index in [1.807, 2.05) is 42.2 Å².